The summed E-state index contributed by atoms with van der Waals surface area (Å²) in [5.41, 5.74) is 0.423. The molecule has 0 spiro atoms. The number of rotatable bonds is 6. The minimum Gasteiger partial charge on any atom is -0.486 e. The predicted octanol–water partition coefficient (Wildman–Crippen LogP) is 3.36. The number of carbonyl (C=O) groups excluding carboxylic acids is 2. The molecule has 0 unspecified atom stereocenters. The maximum atomic E-state index is 12.5. The quantitative estimate of drug-likeness (QED) is 0.514. The first kappa shape index (κ1) is 19.3. The summed E-state index contributed by atoms with van der Waals surface area (Å²) in [5.74, 6) is 0.450. The lowest BCUT2D eigenvalue weighted by atomic mass is 10.1. The Hall–Kier alpha value is -4.07. The molecule has 0 aliphatic rings. The van der Waals surface area contributed by atoms with Gasteiger partial charge in [0, 0.05) is 20.3 Å². The van der Waals surface area contributed by atoms with Crippen LogP contribution < -0.4 is 15.4 Å². The summed E-state index contributed by atoms with van der Waals surface area (Å²) < 4.78 is 12.8. The molecular weight excluding hydrogens is 384 g/mol. The van der Waals surface area contributed by atoms with Crippen LogP contribution in [-0.4, -0.2) is 28.6 Å². The number of anilines is 1. The number of furan rings is 1. The highest BCUT2D eigenvalue weighted by Gasteiger charge is 2.19. The second-order valence-electron chi connectivity index (χ2n) is 6.66. The number of hydrogen-bond donors (Lipinski definition) is 2. The van der Waals surface area contributed by atoms with E-state index in [9.17, 15) is 9.59 Å². The standard InChI is InChI=1S/C22H20N4O4/c1-23-22(28)20-18(12-26(2)25-20)24-21(27)19-10-9-17(30-19)13-29-16-8-7-14-5-3-4-6-15(14)11-16/h3-12H,13H2,1-2H3,(H,23,28)(H,24,27). The predicted molar refractivity (Wildman–Crippen MR) is 112 cm³/mol. The van der Waals surface area contributed by atoms with Crippen molar-refractivity contribution in [3.8, 4) is 5.75 Å². The molecule has 8 heteroatoms. The fraction of sp³-hybridized carbons (Fsp3) is 0.136. The van der Waals surface area contributed by atoms with Crippen molar-refractivity contribution in [1.82, 2.24) is 15.1 Å². The smallest absolute Gasteiger partial charge is 0.291 e. The molecule has 0 aliphatic carbocycles. The number of aryl methyl sites for hydroxylation is 1. The van der Waals surface area contributed by atoms with E-state index < -0.39 is 11.8 Å². The molecule has 0 bridgehead atoms. The van der Waals surface area contributed by atoms with Crippen molar-refractivity contribution < 1.29 is 18.7 Å². The third-order valence-electron chi connectivity index (χ3n) is 4.51. The van der Waals surface area contributed by atoms with Crippen LogP contribution in [0.5, 0.6) is 5.75 Å². The molecule has 0 saturated heterocycles. The minimum atomic E-state index is -0.481. The monoisotopic (exact) mass is 404 g/mol. The molecule has 152 valence electrons. The Balaban J connectivity index is 1.42. The number of benzene rings is 2. The Morgan fingerprint density at radius 1 is 1.07 bits per heavy atom. The highest BCUT2D eigenvalue weighted by Crippen LogP contribution is 2.22. The van der Waals surface area contributed by atoms with E-state index in [2.05, 4.69) is 15.7 Å². The van der Waals surface area contributed by atoms with Crippen LogP contribution in [0.25, 0.3) is 10.8 Å². The molecule has 2 N–H and O–H groups in total. The van der Waals surface area contributed by atoms with Gasteiger partial charge in [-0.3, -0.25) is 14.3 Å². The Morgan fingerprint density at radius 2 is 1.87 bits per heavy atom. The van der Waals surface area contributed by atoms with Crippen molar-refractivity contribution in [2.45, 2.75) is 6.61 Å². The van der Waals surface area contributed by atoms with Crippen molar-refractivity contribution in [2.75, 3.05) is 12.4 Å². The Morgan fingerprint density at radius 3 is 2.67 bits per heavy atom. The van der Waals surface area contributed by atoms with Crippen molar-refractivity contribution in [2.24, 2.45) is 7.05 Å². The number of nitrogens with zero attached hydrogens (tertiary/aromatic N) is 2. The van der Waals surface area contributed by atoms with E-state index in [1.807, 2.05) is 42.5 Å². The molecule has 0 fully saturated rings. The molecule has 30 heavy (non-hydrogen) atoms. The number of aromatic nitrogens is 2. The summed E-state index contributed by atoms with van der Waals surface area (Å²) >= 11 is 0. The van der Waals surface area contributed by atoms with Gasteiger partial charge in [0.25, 0.3) is 11.8 Å². The van der Waals surface area contributed by atoms with Crippen LogP contribution in [0, 0.1) is 0 Å². The summed E-state index contributed by atoms with van der Waals surface area (Å²) in [7, 11) is 3.16. The van der Waals surface area contributed by atoms with E-state index in [0.29, 0.717) is 17.2 Å². The van der Waals surface area contributed by atoms with Crippen LogP contribution in [0.3, 0.4) is 0 Å². The number of carbonyl (C=O) groups is 2. The van der Waals surface area contributed by atoms with Gasteiger partial charge in [-0.15, -0.1) is 0 Å². The zero-order chi connectivity index (χ0) is 21.1. The van der Waals surface area contributed by atoms with Gasteiger partial charge in [-0.2, -0.15) is 5.10 Å². The molecule has 0 radical (unpaired) electrons. The largest absolute Gasteiger partial charge is 0.486 e. The zero-order valence-electron chi connectivity index (χ0n) is 16.5. The van der Waals surface area contributed by atoms with E-state index >= 15 is 0 Å². The molecule has 0 saturated carbocycles. The first-order valence-corrected chi connectivity index (χ1v) is 9.31. The number of amides is 2. The summed E-state index contributed by atoms with van der Waals surface area (Å²) in [6, 6.07) is 17.1. The lowest BCUT2D eigenvalue weighted by Gasteiger charge is -2.06. The molecule has 2 aromatic heterocycles. The zero-order valence-corrected chi connectivity index (χ0v) is 16.5. The fourth-order valence-electron chi connectivity index (χ4n) is 3.04. The Kier molecular flexibility index (Phi) is 5.21. The normalized spacial score (nSPS) is 10.7. The van der Waals surface area contributed by atoms with Gasteiger partial charge in [-0.1, -0.05) is 30.3 Å². The first-order valence-electron chi connectivity index (χ1n) is 9.31. The van der Waals surface area contributed by atoms with Crippen molar-refractivity contribution in [1.29, 1.82) is 0 Å². The van der Waals surface area contributed by atoms with Gasteiger partial charge in [0.15, 0.2) is 11.5 Å². The molecule has 0 atom stereocenters. The minimum absolute atomic E-state index is 0.110. The van der Waals surface area contributed by atoms with Crippen molar-refractivity contribution in [3.05, 3.63) is 78.0 Å². The average Bonchev–Trinajstić information content (AvgIpc) is 3.38. The Labute approximate surface area is 172 Å². The van der Waals surface area contributed by atoms with Gasteiger partial charge in [0.05, 0.1) is 5.69 Å². The van der Waals surface area contributed by atoms with E-state index in [4.69, 9.17) is 9.15 Å². The fourth-order valence-corrected chi connectivity index (χ4v) is 3.04. The van der Waals surface area contributed by atoms with E-state index in [0.717, 1.165) is 10.8 Å². The van der Waals surface area contributed by atoms with Crippen LogP contribution in [0.1, 0.15) is 26.8 Å². The van der Waals surface area contributed by atoms with Crippen LogP contribution in [0.4, 0.5) is 5.69 Å². The Bertz CT molecular complexity index is 1220. The highest BCUT2D eigenvalue weighted by atomic mass is 16.5. The molecular formula is C22H20N4O4. The summed E-state index contributed by atoms with van der Waals surface area (Å²) in [5, 5.41) is 11.4. The topological polar surface area (TPSA) is 98.4 Å². The van der Waals surface area contributed by atoms with Crippen LogP contribution in [-0.2, 0) is 13.7 Å². The second kappa shape index (κ2) is 8.12. The van der Waals surface area contributed by atoms with Gasteiger partial charge in [0.1, 0.15) is 18.1 Å². The lowest BCUT2D eigenvalue weighted by molar-refractivity contribution is 0.0958. The van der Waals surface area contributed by atoms with E-state index in [-0.39, 0.29) is 18.1 Å². The summed E-state index contributed by atoms with van der Waals surface area (Å²) in [6.45, 7) is 0.183. The second-order valence-corrected chi connectivity index (χ2v) is 6.66. The van der Waals surface area contributed by atoms with Gasteiger partial charge in [0.2, 0.25) is 0 Å². The third kappa shape index (κ3) is 4.02. The summed E-state index contributed by atoms with van der Waals surface area (Å²) in [6.07, 6.45) is 1.55. The van der Waals surface area contributed by atoms with Crippen molar-refractivity contribution in [3.63, 3.8) is 0 Å². The van der Waals surface area contributed by atoms with E-state index in [1.54, 1.807) is 25.4 Å². The maximum Gasteiger partial charge on any atom is 0.291 e. The first-order chi connectivity index (χ1) is 14.5. The van der Waals surface area contributed by atoms with E-state index in [1.165, 1.54) is 11.7 Å². The van der Waals surface area contributed by atoms with Crippen LogP contribution >= 0.6 is 0 Å². The summed E-state index contributed by atoms with van der Waals surface area (Å²) in [4.78, 5) is 24.4. The number of fused-ring (bicyclic) bond motifs is 1. The SMILES string of the molecule is CNC(=O)c1nn(C)cc1NC(=O)c1ccc(COc2ccc3ccccc3c2)o1. The van der Waals surface area contributed by atoms with Crippen molar-refractivity contribution >= 4 is 28.3 Å². The molecule has 2 heterocycles. The molecule has 2 amide bonds. The highest BCUT2D eigenvalue weighted by molar-refractivity contribution is 6.06. The van der Waals surface area contributed by atoms with Gasteiger partial charge < -0.3 is 19.8 Å². The lowest BCUT2D eigenvalue weighted by Crippen LogP contribution is -2.21. The van der Waals surface area contributed by atoms with Crippen LogP contribution in [0.2, 0.25) is 0 Å². The number of hydrogen-bond acceptors (Lipinski definition) is 5. The maximum absolute atomic E-state index is 12.5. The molecule has 4 rings (SSSR count). The molecule has 4 aromatic rings. The number of ether oxygens (including phenoxy) is 1. The molecule has 2 aromatic carbocycles. The third-order valence-corrected chi connectivity index (χ3v) is 4.51. The van der Waals surface area contributed by atoms with Crippen LogP contribution in [0.15, 0.2) is 65.2 Å². The van der Waals surface area contributed by atoms with Gasteiger partial charge in [-0.25, -0.2) is 0 Å². The average molecular weight is 404 g/mol. The molecule has 0 aliphatic heterocycles. The van der Waals surface area contributed by atoms with Gasteiger partial charge >= 0.3 is 0 Å². The van der Waals surface area contributed by atoms with Gasteiger partial charge in [-0.05, 0) is 35.0 Å². The molecule has 8 nitrogen and oxygen atoms in total. The number of nitrogens with one attached hydrogen (secondary N) is 2.